The van der Waals surface area contributed by atoms with Gasteiger partial charge in [-0.05, 0) is 67.9 Å². The van der Waals surface area contributed by atoms with Crippen LogP contribution in [0.2, 0.25) is 0 Å². The number of benzene rings is 2. The summed E-state index contributed by atoms with van der Waals surface area (Å²) < 4.78 is 36.0. The number of esters is 1. The second-order valence-corrected chi connectivity index (χ2v) is 8.42. The second-order valence-electron chi connectivity index (χ2n) is 6.56. The van der Waals surface area contributed by atoms with Gasteiger partial charge in [0, 0.05) is 6.92 Å². The van der Waals surface area contributed by atoms with E-state index in [1.54, 1.807) is 48.5 Å². The molecular formula is C21H25N3O6S. The van der Waals surface area contributed by atoms with Gasteiger partial charge in [0.05, 0.1) is 24.8 Å². The molecule has 0 bridgehead atoms. The van der Waals surface area contributed by atoms with Gasteiger partial charge in [0.25, 0.3) is 5.91 Å². The van der Waals surface area contributed by atoms with Crippen molar-refractivity contribution in [3.05, 3.63) is 54.1 Å². The summed E-state index contributed by atoms with van der Waals surface area (Å²) in [4.78, 5) is 23.5. The smallest absolute Gasteiger partial charge is 0.308 e. The van der Waals surface area contributed by atoms with Crippen LogP contribution in [0.4, 0.5) is 5.69 Å². The summed E-state index contributed by atoms with van der Waals surface area (Å²) in [5.74, 6) is -0.0414. The van der Waals surface area contributed by atoms with Crippen molar-refractivity contribution in [3.63, 3.8) is 0 Å². The number of amides is 1. The van der Waals surface area contributed by atoms with E-state index in [0.29, 0.717) is 29.4 Å². The van der Waals surface area contributed by atoms with Crippen molar-refractivity contribution in [1.29, 1.82) is 0 Å². The third-order valence-corrected chi connectivity index (χ3v) is 5.26. The fourth-order valence-electron chi connectivity index (χ4n) is 2.72. The van der Waals surface area contributed by atoms with E-state index in [4.69, 9.17) is 9.47 Å². The van der Waals surface area contributed by atoms with Crippen molar-refractivity contribution in [2.75, 3.05) is 17.2 Å². The Labute approximate surface area is 181 Å². The molecule has 0 fully saturated rings. The predicted molar refractivity (Wildman–Crippen MR) is 118 cm³/mol. The first-order chi connectivity index (χ1) is 14.6. The highest BCUT2D eigenvalue weighted by Crippen LogP contribution is 2.24. The molecule has 0 aromatic heterocycles. The van der Waals surface area contributed by atoms with Crippen LogP contribution in [-0.4, -0.2) is 45.4 Å². The Morgan fingerprint density at radius 3 is 2.19 bits per heavy atom. The van der Waals surface area contributed by atoms with Crippen LogP contribution >= 0.6 is 0 Å². The zero-order valence-electron chi connectivity index (χ0n) is 17.7. The Bertz CT molecular complexity index is 1030. The standard InChI is InChI=1S/C21H25N3O6S/c1-5-29-19-12-8-18(9-13-19)24(31(4,27)28)15(2)21(26)23-22-14-17-6-10-20(11-7-17)30-16(3)25/h6-15H,5H2,1-4H3,(H,23,26)/b22-14-/t15-/m1/s1. The summed E-state index contributed by atoms with van der Waals surface area (Å²) in [7, 11) is -3.74. The van der Waals surface area contributed by atoms with Crippen molar-refractivity contribution in [2.45, 2.75) is 26.8 Å². The number of hydrogen-bond acceptors (Lipinski definition) is 7. The van der Waals surface area contributed by atoms with Gasteiger partial charge in [-0.1, -0.05) is 0 Å². The van der Waals surface area contributed by atoms with Gasteiger partial charge in [-0.15, -0.1) is 0 Å². The lowest BCUT2D eigenvalue weighted by Gasteiger charge is -2.27. The molecule has 31 heavy (non-hydrogen) atoms. The minimum atomic E-state index is -3.74. The van der Waals surface area contributed by atoms with E-state index in [2.05, 4.69) is 10.5 Å². The maximum Gasteiger partial charge on any atom is 0.308 e. The van der Waals surface area contributed by atoms with Crippen LogP contribution < -0.4 is 19.2 Å². The highest BCUT2D eigenvalue weighted by molar-refractivity contribution is 7.92. The van der Waals surface area contributed by atoms with E-state index in [1.165, 1.54) is 20.1 Å². The zero-order chi connectivity index (χ0) is 23.0. The van der Waals surface area contributed by atoms with Crippen LogP contribution in [0.25, 0.3) is 0 Å². The van der Waals surface area contributed by atoms with Gasteiger partial charge in [-0.25, -0.2) is 13.8 Å². The van der Waals surface area contributed by atoms with Crippen molar-refractivity contribution in [2.24, 2.45) is 5.10 Å². The average Bonchev–Trinajstić information content (AvgIpc) is 2.69. The molecule has 2 aromatic carbocycles. The molecule has 0 spiro atoms. The van der Waals surface area contributed by atoms with Crippen molar-refractivity contribution < 1.29 is 27.5 Å². The molecule has 0 unspecified atom stereocenters. The lowest BCUT2D eigenvalue weighted by Crippen LogP contribution is -2.46. The normalized spacial score (nSPS) is 12.3. The maximum atomic E-state index is 12.5. The first kappa shape index (κ1) is 23.9. The third kappa shape index (κ3) is 7.10. The molecule has 1 atom stereocenters. The molecule has 0 heterocycles. The van der Waals surface area contributed by atoms with Gasteiger partial charge < -0.3 is 9.47 Å². The molecule has 0 saturated carbocycles. The van der Waals surface area contributed by atoms with E-state index in [-0.39, 0.29) is 0 Å². The summed E-state index contributed by atoms with van der Waals surface area (Å²) >= 11 is 0. The zero-order valence-corrected chi connectivity index (χ0v) is 18.5. The molecule has 2 aromatic rings. The highest BCUT2D eigenvalue weighted by atomic mass is 32.2. The summed E-state index contributed by atoms with van der Waals surface area (Å²) in [6, 6.07) is 11.9. The molecule has 0 radical (unpaired) electrons. The second kappa shape index (κ2) is 10.6. The van der Waals surface area contributed by atoms with E-state index in [9.17, 15) is 18.0 Å². The number of hydrazone groups is 1. The van der Waals surface area contributed by atoms with Gasteiger partial charge in [0.1, 0.15) is 17.5 Å². The van der Waals surface area contributed by atoms with Crippen LogP contribution in [0.3, 0.4) is 0 Å². The molecule has 9 nitrogen and oxygen atoms in total. The van der Waals surface area contributed by atoms with Crippen LogP contribution in [-0.2, 0) is 19.6 Å². The van der Waals surface area contributed by atoms with Crippen molar-refractivity contribution in [1.82, 2.24) is 5.43 Å². The summed E-state index contributed by atoms with van der Waals surface area (Å²) in [6.45, 7) is 5.10. The van der Waals surface area contributed by atoms with Crippen LogP contribution in [0, 0.1) is 0 Å². The Kier molecular flexibility index (Phi) is 8.14. The van der Waals surface area contributed by atoms with Gasteiger partial charge >= 0.3 is 5.97 Å². The number of rotatable bonds is 9. The Balaban J connectivity index is 2.09. The first-order valence-corrected chi connectivity index (χ1v) is 11.3. The highest BCUT2D eigenvalue weighted by Gasteiger charge is 2.29. The van der Waals surface area contributed by atoms with Gasteiger partial charge in [0.2, 0.25) is 10.0 Å². The average molecular weight is 448 g/mol. The third-order valence-electron chi connectivity index (χ3n) is 4.02. The SMILES string of the molecule is CCOc1ccc(N([C@H](C)C(=O)N/N=C\c2ccc(OC(C)=O)cc2)S(C)(=O)=O)cc1. The summed E-state index contributed by atoms with van der Waals surface area (Å²) in [6.07, 6.45) is 2.42. The number of carbonyl (C=O) groups is 2. The van der Waals surface area contributed by atoms with Gasteiger partial charge in [-0.3, -0.25) is 13.9 Å². The van der Waals surface area contributed by atoms with Crippen LogP contribution in [0.5, 0.6) is 11.5 Å². The van der Waals surface area contributed by atoms with E-state index in [1.807, 2.05) is 6.92 Å². The number of hydrogen-bond donors (Lipinski definition) is 1. The fourth-order valence-corrected chi connectivity index (χ4v) is 3.89. The van der Waals surface area contributed by atoms with Crippen molar-refractivity contribution in [3.8, 4) is 11.5 Å². The Morgan fingerprint density at radius 1 is 1.10 bits per heavy atom. The number of anilines is 1. The fraction of sp³-hybridized carbons (Fsp3) is 0.286. The molecule has 1 amide bonds. The van der Waals surface area contributed by atoms with Crippen molar-refractivity contribution >= 4 is 33.8 Å². The minimum absolute atomic E-state index is 0.332. The summed E-state index contributed by atoms with van der Waals surface area (Å²) in [5, 5.41) is 3.88. The van der Waals surface area contributed by atoms with Crippen LogP contribution in [0.1, 0.15) is 26.3 Å². The molecule has 0 saturated heterocycles. The van der Waals surface area contributed by atoms with Gasteiger partial charge in [-0.2, -0.15) is 5.10 Å². The largest absolute Gasteiger partial charge is 0.494 e. The number of nitrogens with one attached hydrogen (secondary N) is 1. The number of nitrogens with zero attached hydrogens (tertiary/aromatic N) is 2. The lowest BCUT2D eigenvalue weighted by atomic mass is 10.2. The number of carbonyl (C=O) groups excluding carboxylic acids is 2. The topological polar surface area (TPSA) is 114 Å². The number of ether oxygens (including phenoxy) is 2. The Hall–Kier alpha value is -3.40. The van der Waals surface area contributed by atoms with Crippen LogP contribution in [0.15, 0.2) is 53.6 Å². The first-order valence-electron chi connectivity index (χ1n) is 9.45. The van der Waals surface area contributed by atoms with E-state index >= 15 is 0 Å². The molecule has 1 N–H and O–H groups in total. The number of sulfonamides is 1. The summed E-state index contributed by atoms with van der Waals surface area (Å²) in [5.41, 5.74) is 3.33. The molecule has 0 aliphatic heterocycles. The molecular weight excluding hydrogens is 422 g/mol. The van der Waals surface area contributed by atoms with E-state index < -0.39 is 27.9 Å². The monoisotopic (exact) mass is 447 g/mol. The Morgan fingerprint density at radius 2 is 1.68 bits per heavy atom. The molecule has 2 rings (SSSR count). The van der Waals surface area contributed by atoms with Gasteiger partial charge in [0.15, 0.2) is 0 Å². The van der Waals surface area contributed by atoms with E-state index in [0.717, 1.165) is 10.6 Å². The predicted octanol–water partition coefficient (Wildman–Crippen LogP) is 2.32. The minimum Gasteiger partial charge on any atom is -0.494 e. The quantitative estimate of drug-likeness (QED) is 0.273. The molecule has 0 aliphatic carbocycles. The maximum absolute atomic E-state index is 12.5. The molecule has 0 aliphatic rings. The molecule has 10 heteroatoms. The molecule has 166 valence electrons. The lowest BCUT2D eigenvalue weighted by molar-refractivity contribution is -0.131.